The predicted octanol–water partition coefficient (Wildman–Crippen LogP) is 6.70. The summed E-state index contributed by atoms with van der Waals surface area (Å²) in [6.45, 7) is 4.57. The number of rotatable bonds is 8. The number of nitrogens with zero attached hydrogens (tertiary/aromatic N) is 3. The zero-order valence-electron chi connectivity index (χ0n) is 19.0. The summed E-state index contributed by atoms with van der Waals surface area (Å²) < 4.78 is 2.48. The van der Waals surface area contributed by atoms with E-state index in [4.69, 9.17) is 0 Å². The zero-order valence-corrected chi connectivity index (χ0v) is 19.8. The molecule has 1 atom stereocenters. The van der Waals surface area contributed by atoms with Gasteiger partial charge >= 0.3 is 0 Å². The number of aromatic nitrogens is 1. The number of piperidine rings is 1. The van der Waals surface area contributed by atoms with E-state index < -0.39 is 0 Å². The molecule has 4 aromatic rings. The number of pyridine rings is 1. The quantitative estimate of drug-likeness (QED) is 0.276. The molecule has 1 aromatic heterocycles. The largest absolute Gasteiger partial charge is 0.312 e. The fraction of sp³-hybridized carbons (Fsp3) is 0.276. The second-order valence-corrected chi connectivity index (χ2v) is 9.93. The molecule has 1 fully saturated rings. The molecule has 0 spiro atoms. The summed E-state index contributed by atoms with van der Waals surface area (Å²) >= 11 is 1.83. The van der Waals surface area contributed by atoms with Gasteiger partial charge in [0.2, 0.25) is 0 Å². The van der Waals surface area contributed by atoms with Crippen LogP contribution in [0.3, 0.4) is 0 Å². The molecular weight excluding hydrogens is 422 g/mol. The van der Waals surface area contributed by atoms with Crippen LogP contribution in [0.5, 0.6) is 0 Å². The van der Waals surface area contributed by atoms with Gasteiger partial charge in [0, 0.05) is 36.9 Å². The summed E-state index contributed by atoms with van der Waals surface area (Å²) in [6, 6.07) is 32.3. The van der Waals surface area contributed by atoms with Crippen molar-refractivity contribution < 1.29 is 0 Å². The van der Waals surface area contributed by atoms with E-state index in [1.54, 1.807) is 0 Å². The molecular formula is C29H31N3S. The number of para-hydroxylation sites is 2. The van der Waals surface area contributed by atoms with Crippen LogP contribution >= 0.6 is 11.9 Å². The summed E-state index contributed by atoms with van der Waals surface area (Å²) in [5.41, 5.74) is 3.78. The molecule has 5 rings (SSSR count). The van der Waals surface area contributed by atoms with Crippen LogP contribution < -0.4 is 4.31 Å². The summed E-state index contributed by atoms with van der Waals surface area (Å²) in [4.78, 5) is 8.56. The van der Waals surface area contributed by atoms with E-state index in [9.17, 15) is 0 Å². The fourth-order valence-corrected chi connectivity index (χ4v) is 5.87. The third-order valence-corrected chi connectivity index (χ3v) is 7.54. The van der Waals surface area contributed by atoms with Crippen molar-refractivity contribution in [2.75, 3.05) is 30.5 Å². The first kappa shape index (κ1) is 22.0. The summed E-state index contributed by atoms with van der Waals surface area (Å²) in [6.07, 6.45) is 5.60. The Labute approximate surface area is 201 Å². The highest BCUT2D eigenvalue weighted by molar-refractivity contribution is 8.00. The number of fused-ring (bicyclic) bond motifs is 1. The minimum atomic E-state index is 0.658. The second kappa shape index (κ2) is 10.9. The Bertz CT molecular complexity index is 1140. The first-order valence-corrected chi connectivity index (χ1v) is 12.7. The molecule has 0 saturated carbocycles. The zero-order chi connectivity index (χ0) is 22.3. The Morgan fingerprint density at radius 1 is 0.879 bits per heavy atom. The SMILES string of the molecule is c1ccc(CCN2CCCC(CN(Sc3cccc4cccnc34)c3ccccc3)C2)cc1. The molecule has 33 heavy (non-hydrogen) atoms. The molecule has 0 radical (unpaired) electrons. The average Bonchev–Trinajstić information content (AvgIpc) is 2.89. The monoisotopic (exact) mass is 453 g/mol. The van der Waals surface area contributed by atoms with Gasteiger partial charge in [0.1, 0.15) is 0 Å². The maximum atomic E-state index is 4.68. The van der Waals surface area contributed by atoms with Gasteiger partial charge in [-0.2, -0.15) is 0 Å². The van der Waals surface area contributed by atoms with Gasteiger partial charge in [0.15, 0.2) is 0 Å². The van der Waals surface area contributed by atoms with E-state index in [-0.39, 0.29) is 0 Å². The standard InChI is InChI=1S/C29H31N3S/c1-3-10-24(11-4-1)18-21-31-20-9-12-25(22-31)23-32(27-15-5-2-6-16-27)33-28-17-7-13-26-14-8-19-30-29(26)28/h1-8,10-11,13-17,19,25H,9,12,18,20-23H2. The fourth-order valence-electron chi connectivity index (χ4n) is 4.73. The minimum absolute atomic E-state index is 0.658. The van der Waals surface area contributed by atoms with E-state index in [2.05, 4.69) is 99.1 Å². The molecule has 1 saturated heterocycles. The van der Waals surface area contributed by atoms with Gasteiger partial charge in [0.25, 0.3) is 0 Å². The molecule has 1 aliphatic rings. The third-order valence-electron chi connectivity index (χ3n) is 6.44. The first-order chi connectivity index (χ1) is 16.3. The van der Waals surface area contributed by atoms with Crippen LogP contribution in [-0.4, -0.2) is 36.1 Å². The van der Waals surface area contributed by atoms with Gasteiger partial charge in [0.05, 0.1) is 10.4 Å². The van der Waals surface area contributed by atoms with Crippen molar-refractivity contribution in [3.8, 4) is 0 Å². The molecule has 0 bridgehead atoms. The van der Waals surface area contributed by atoms with Crippen LogP contribution in [0.15, 0.2) is 102 Å². The molecule has 0 amide bonds. The van der Waals surface area contributed by atoms with Crippen molar-refractivity contribution in [1.29, 1.82) is 0 Å². The lowest BCUT2D eigenvalue weighted by molar-refractivity contribution is 0.181. The van der Waals surface area contributed by atoms with Crippen molar-refractivity contribution in [1.82, 2.24) is 9.88 Å². The predicted molar refractivity (Wildman–Crippen MR) is 141 cm³/mol. The number of likely N-dealkylation sites (tertiary alicyclic amines) is 1. The average molecular weight is 454 g/mol. The van der Waals surface area contributed by atoms with E-state index in [0.29, 0.717) is 5.92 Å². The Balaban J connectivity index is 1.30. The second-order valence-electron chi connectivity index (χ2n) is 8.86. The molecule has 0 N–H and O–H groups in total. The van der Waals surface area contributed by atoms with Gasteiger partial charge < -0.3 is 9.21 Å². The van der Waals surface area contributed by atoms with Gasteiger partial charge in [-0.25, -0.2) is 0 Å². The Morgan fingerprint density at radius 2 is 1.67 bits per heavy atom. The van der Waals surface area contributed by atoms with Crippen molar-refractivity contribution in [3.63, 3.8) is 0 Å². The molecule has 0 aliphatic carbocycles. The Kier molecular flexibility index (Phi) is 7.24. The van der Waals surface area contributed by atoms with Crippen molar-refractivity contribution in [2.45, 2.75) is 24.2 Å². The maximum absolute atomic E-state index is 4.68. The van der Waals surface area contributed by atoms with Crippen molar-refractivity contribution in [2.24, 2.45) is 5.92 Å². The van der Waals surface area contributed by atoms with Gasteiger partial charge in [-0.05, 0) is 73.5 Å². The van der Waals surface area contributed by atoms with E-state index in [0.717, 1.165) is 25.0 Å². The van der Waals surface area contributed by atoms with Crippen LogP contribution in [0.25, 0.3) is 10.9 Å². The third kappa shape index (κ3) is 5.76. The molecule has 1 aliphatic heterocycles. The van der Waals surface area contributed by atoms with Crippen LogP contribution in [0.2, 0.25) is 0 Å². The lowest BCUT2D eigenvalue weighted by Gasteiger charge is -2.36. The Morgan fingerprint density at radius 3 is 2.52 bits per heavy atom. The maximum Gasteiger partial charge on any atom is 0.0855 e. The van der Waals surface area contributed by atoms with Gasteiger partial charge in [-0.1, -0.05) is 66.7 Å². The van der Waals surface area contributed by atoms with Gasteiger partial charge in [-0.15, -0.1) is 0 Å². The van der Waals surface area contributed by atoms with Crippen LogP contribution in [0, 0.1) is 5.92 Å². The van der Waals surface area contributed by atoms with Crippen LogP contribution in [0.1, 0.15) is 18.4 Å². The number of anilines is 1. The van der Waals surface area contributed by atoms with E-state index in [1.165, 1.54) is 47.5 Å². The molecule has 3 aromatic carbocycles. The smallest absolute Gasteiger partial charge is 0.0855 e. The number of hydrogen-bond acceptors (Lipinski definition) is 4. The number of hydrogen-bond donors (Lipinski definition) is 0. The van der Waals surface area contributed by atoms with Crippen molar-refractivity contribution in [3.05, 3.63) is 103 Å². The summed E-state index contributed by atoms with van der Waals surface area (Å²) in [7, 11) is 0. The Hall–Kier alpha value is -2.82. The first-order valence-electron chi connectivity index (χ1n) is 12.0. The number of benzene rings is 3. The van der Waals surface area contributed by atoms with Crippen molar-refractivity contribution >= 4 is 28.5 Å². The molecule has 4 heteroatoms. The highest BCUT2D eigenvalue weighted by atomic mass is 32.2. The van der Waals surface area contributed by atoms with E-state index in [1.807, 2.05) is 24.2 Å². The highest BCUT2D eigenvalue weighted by Gasteiger charge is 2.23. The highest BCUT2D eigenvalue weighted by Crippen LogP contribution is 2.34. The van der Waals surface area contributed by atoms with Crippen LogP contribution in [-0.2, 0) is 6.42 Å². The normalized spacial score (nSPS) is 16.7. The van der Waals surface area contributed by atoms with Crippen LogP contribution in [0.4, 0.5) is 5.69 Å². The molecule has 2 heterocycles. The van der Waals surface area contributed by atoms with Gasteiger partial charge in [-0.3, -0.25) is 4.98 Å². The lowest BCUT2D eigenvalue weighted by atomic mass is 9.97. The summed E-state index contributed by atoms with van der Waals surface area (Å²) in [5.74, 6) is 0.658. The molecule has 168 valence electrons. The summed E-state index contributed by atoms with van der Waals surface area (Å²) in [5, 5.41) is 1.19. The molecule has 3 nitrogen and oxygen atoms in total. The lowest BCUT2D eigenvalue weighted by Crippen LogP contribution is -2.40. The van der Waals surface area contributed by atoms with E-state index >= 15 is 0 Å². The molecule has 1 unspecified atom stereocenters. The topological polar surface area (TPSA) is 19.4 Å². The minimum Gasteiger partial charge on any atom is -0.312 e.